The molecule has 0 aliphatic heterocycles. The molecule has 1 aliphatic carbocycles. The van der Waals surface area contributed by atoms with Crippen LogP contribution in [0.3, 0.4) is 0 Å². The Kier molecular flexibility index (Phi) is 11.5. The number of carbonyl (C=O) groups is 4. The number of rotatable bonds is 14. The number of aromatic nitrogens is 3. The topological polar surface area (TPSA) is 194 Å². The highest BCUT2D eigenvalue weighted by Crippen LogP contribution is 2.44. The lowest BCUT2D eigenvalue weighted by Crippen LogP contribution is -2.44. The van der Waals surface area contributed by atoms with Crippen molar-refractivity contribution in [3.05, 3.63) is 107 Å². The minimum atomic E-state index is -1.25. The van der Waals surface area contributed by atoms with E-state index < -0.39 is 48.4 Å². The van der Waals surface area contributed by atoms with Crippen LogP contribution in [0.2, 0.25) is 0 Å². The molecule has 1 aliphatic rings. The van der Waals surface area contributed by atoms with E-state index in [0.717, 1.165) is 37.3 Å². The molecule has 0 atom stereocenters. The van der Waals surface area contributed by atoms with Crippen LogP contribution in [-0.4, -0.2) is 93.6 Å². The van der Waals surface area contributed by atoms with Gasteiger partial charge in [-0.2, -0.15) is 4.98 Å². The van der Waals surface area contributed by atoms with Gasteiger partial charge in [0.2, 0.25) is 5.91 Å². The average Bonchev–Trinajstić information content (AvgIpc) is 3.70. The van der Waals surface area contributed by atoms with Crippen LogP contribution >= 0.6 is 0 Å². The maximum Gasteiger partial charge on any atom is 0.407 e. The molecule has 15 nitrogen and oxygen atoms in total. The number of ether oxygens (including phenoxy) is 3. The molecule has 3 amide bonds. The van der Waals surface area contributed by atoms with Crippen molar-refractivity contribution < 1.29 is 38.5 Å². The molecule has 0 radical (unpaired) electrons. The van der Waals surface area contributed by atoms with Crippen molar-refractivity contribution in [2.45, 2.75) is 38.8 Å². The van der Waals surface area contributed by atoms with Crippen molar-refractivity contribution in [2.75, 3.05) is 39.4 Å². The van der Waals surface area contributed by atoms with Gasteiger partial charge in [-0.05, 0) is 61.2 Å². The van der Waals surface area contributed by atoms with E-state index in [9.17, 15) is 29.1 Å². The number of hydrogen-bond acceptors (Lipinski definition) is 9. The predicted molar refractivity (Wildman–Crippen MR) is 203 cm³/mol. The van der Waals surface area contributed by atoms with Crippen molar-refractivity contribution in [2.24, 2.45) is 0 Å². The first kappa shape index (κ1) is 38.1. The van der Waals surface area contributed by atoms with E-state index in [2.05, 4.69) is 20.6 Å². The number of fused-ring (bicyclic) bond motifs is 4. The molecule has 0 bridgehead atoms. The first-order valence-corrected chi connectivity index (χ1v) is 17.7. The lowest BCUT2D eigenvalue weighted by Gasteiger charge is -2.21. The number of carboxylic acid groups (broad SMARTS) is 1. The standard InChI is InChI=1S/C40H42N6O9/c1-40(2,3)55-39(52)42-16-18-53-27-10-8-9-25(19-27)33-20-26-21-46(37(50)44-36(26)43-33)22-34(47)45(23-35(48)49)17-15-41-38(51)54-24-32-30-13-6-4-11-28(30)29-12-5-7-14-31(29)32/h4-14,19-21,32H,15-18,22-24H2,1-3H3,(H,41,51)(H,42,52)(H,48,49)(H,43,44,50). The first-order chi connectivity index (χ1) is 26.3. The second-order valence-electron chi connectivity index (χ2n) is 13.9. The van der Waals surface area contributed by atoms with Gasteiger partial charge in [0.25, 0.3) is 0 Å². The number of benzene rings is 3. The zero-order valence-electron chi connectivity index (χ0n) is 30.7. The zero-order chi connectivity index (χ0) is 39.1. The first-order valence-electron chi connectivity index (χ1n) is 17.7. The number of alkyl carbamates (subject to hydrolysis) is 2. The summed E-state index contributed by atoms with van der Waals surface area (Å²) in [5.41, 5.74) is 4.68. The summed E-state index contributed by atoms with van der Waals surface area (Å²) in [6.07, 6.45) is 0.231. The largest absolute Gasteiger partial charge is 0.492 e. The van der Waals surface area contributed by atoms with Gasteiger partial charge in [-0.25, -0.2) is 14.4 Å². The number of aliphatic carboxylic acids is 1. The summed E-state index contributed by atoms with van der Waals surface area (Å²) in [5.74, 6) is -1.49. The molecule has 2 aromatic heterocycles. The number of nitrogens with one attached hydrogen (secondary N) is 3. The monoisotopic (exact) mass is 750 g/mol. The molecule has 286 valence electrons. The fourth-order valence-electron chi connectivity index (χ4n) is 6.34. The van der Waals surface area contributed by atoms with Gasteiger partial charge >= 0.3 is 23.8 Å². The lowest BCUT2D eigenvalue weighted by atomic mass is 9.98. The van der Waals surface area contributed by atoms with Gasteiger partial charge in [0, 0.05) is 41.8 Å². The molecule has 0 saturated carbocycles. The summed E-state index contributed by atoms with van der Waals surface area (Å²) >= 11 is 0. The summed E-state index contributed by atoms with van der Waals surface area (Å²) in [5, 5.41) is 15.3. The predicted octanol–water partition coefficient (Wildman–Crippen LogP) is 4.75. The molecule has 0 unspecified atom stereocenters. The molecule has 5 aromatic rings. The van der Waals surface area contributed by atoms with Crippen molar-refractivity contribution >= 4 is 35.1 Å². The summed E-state index contributed by atoms with van der Waals surface area (Å²) < 4.78 is 17.7. The highest BCUT2D eigenvalue weighted by atomic mass is 16.6. The number of hydrogen-bond donors (Lipinski definition) is 4. The number of H-pyrrole nitrogens is 1. The number of carboxylic acids is 1. The fourth-order valence-corrected chi connectivity index (χ4v) is 6.34. The minimum Gasteiger partial charge on any atom is -0.492 e. The third-order valence-electron chi connectivity index (χ3n) is 8.74. The van der Waals surface area contributed by atoms with Crippen LogP contribution in [0.15, 0.2) is 89.9 Å². The second-order valence-corrected chi connectivity index (χ2v) is 13.9. The van der Waals surface area contributed by atoms with Crippen molar-refractivity contribution in [3.8, 4) is 28.1 Å². The molecule has 2 heterocycles. The van der Waals surface area contributed by atoms with Gasteiger partial charge in [-0.15, -0.1) is 0 Å². The van der Waals surface area contributed by atoms with E-state index in [0.29, 0.717) is 22.5 Å². The highest BCUT2D eigenvalue weighted by molar-refractivity contribution is 5.84. The third kappa shape index (κ3) is 9.67. The molecule has 0 fully saturated rings. The Balaban J connectivity index is 1.03. The van der Waals surface area contributed by atoms with E-state index in [-0.39, 0.29) is 38.8 Å². The van der Waals surface area contributed by atoms with Crippen LogP contribution in [0, 0.1) is 0 Å². The lowest BCUT2D eigenvalue weighted by molar-refractivity contribution is -0.144. The Labute approximate surface area is 316 Å². The average molecular weight is 751 g/mol. The van der Waals surface area contributed by atoms with E-state index in [1.807, 2.05) is 54.6 Å². The van der Waals surface area contributed by atoms with Gasteiger partial charge in [0.05, 0.1) is 6.54 Å². The van der Waals surface area contributed by atoms with Crippen LogP contribution in [0.5, 0.6) is 5.75 Å². The van der Waals surface area contributed by atoms with Crippen LogP contribution in [0.4, 0.5) is 9.59 Å². The zero-order valence-corrected chi connectivity index (χ0v) is 30.7. The summed E-state index contributed by atoms with van der Waals surface area (Å²) in [6.45, 7) is 4.55. The summed E-state index contributed by atoms with van der Waals surface area (Å²) in [6, 6.07) is 24.9. The van der Waals surface area contributed by atoms with Crippen molar-refractivity contribution in [1.29, 1.82) is 0 Å². The minimum absolute atomic E-state index is 0.0773. The van der Waals surface area contributed by atoms with Crippen LogP contribution in [-0.2, 0) is 25.6 Å². The highest BCUT2D eigenvalue weighted by Gasteiger charge is 2.29. The Morgan fingerprint density at radius 2 is 1.60 bits per heavy atom. The molecule has 6 rings (SSSR count). The second kappa shape index (κ2) is 16.6. The van der Waals surface area contributed by atoms with Gasteiger partial charge < -0.3 is 39.8 Å². The maximum absolute atomic E-state index is 13.3. The van der Waals surface area contributed by atoms with Crippen molar-refractivity contribution in [1.82, 2.24) is 30.1 Å². The van der Waals surface area contributed by atoms with E-state index in [4.69, 9.17) is 14.2 Å². The SMILES string of the molecule is CC(C)(C)OC(=O)NCCOc1cccc(-c2cc3cn(CC(=O)N(CCNC(=O)OCC4c5ccccc5-c5ccccc54)CC(=O)O)c(=O)nc3[nH]2)c1. The Bertz CT molecular complexity index is 2230. The van der Waals surface area contributed by atoms with Gasteiger partial charge in [0.15, 0.2) is 0 Å². The number of carbonyl (C=O) groups excluding carboxylic acids is 3. The normalized spacial score (nSPS) is 12.1. The molecule has 4 N–H and O–H groups in total. The Morgan fingerprint density at radius 1 is 0.909 bits per heavy atom. The molecule has 55 heavy (non-hydrogen) atoms. The Morgan fingerprint density at radius 3 is 2.29 bits per heavy atom. The number of aromatic amines is 1. The molecule has 3 aromatic carbocycles. The van der Waals surface area contributed by atoms with E-state index in [1.54, 1.807) is 45.0 Å². The van der Waals surface area contributed by atoms with Gasteiger partial charge in [-0.1, -0.05) is 60.7 Å². The van der Waals surface area contributed by atoms with Crippen molar-refractivity contribution in [3.63, 3.8) is 0 Å². The quantitative estimate of drug-likeness (QED) is 0.115. The molecule has 0 saturated heterocycles. The van der Waals surface area contributed by atoms with E-state index in [1.165, 1.54) is 6.20 Å². The fraction of sp³-hybridized carbons (Fsp3) is 0.300. The van der Waals surface area contributed by atoms with Gasteiger partial charge in [-0.3, -0.25) is 14.2 Å². The van der Waals surface area contributed by atoms with Crippen LogP contribution < -0.4 is 21.1 Å². The third-order valence-corrected chi connectivity index (χ3v) is 8.74. The molecular weight excluding hydrogens is 708 g/mol. The van der Waals surface area contributed by atoms with Crippen LogP contribution in [0.1, 0.15) is 37.8 Å². The molecule has 15 heteroatoms. The maximum atomic E-state index is 13.3. The van der Waals surface area contributed by atoms with Gasteiger partial charge in [0.1, 0.15) is 43.3 Å². The summed E-state index contributed by atoms with van der Waals surface area (Å²) in [7, 11) is 0. The van der Waals surface area contributed by atoms with E-state index >= 15 is 0 Å². The summed E-state index contributed by atoms with van der Waals surface area (Å²) in [4.78, 5) is 70.6. The molecule has 0 spiro atoms. The number of nitrogens with zero attached hydrogens (tertiary/aromatic N) is 3. The Hall–Kier alpha value is -6.64. The number of amides is 3. The van der Waals surface area contributed by atoms with Crippen LogP contribution in [0.25, 0.3) is 33.4 Å². The molecular formula is C40H42N6O9. The smallest absolute Gasteiger partial charge is 0.407 e.